The minimum absolute atomic E-state index is 0.0423. The normalized spacial score (nSPS) is 20.2. The molecular weight excluding hydrogens is 475 g/mol. The fourth-order valence-corrected chi connectivity index (χ4v) is 6.19. The van der Waals surface area contributed by atoms with Crippen LogP contribution in [-0.4, -0.2) is 65.4 Å². The highest BCUT2D eigenvalue weighted by atomic mass is 32.1. The van der Waals surface area contributed by atoms with E-state index in [0.717, 1.165) is 35.3 Å². The molecule has 3 amide bonds. The lowest BCUT2D eigenvalue weighted by molar-refractivity contribution is -0.135. The molecule has 2 aromatic carbocycles. The molecule has 3 aromatic rings. The minimum Gasteiger partial charge on any atom is -0.338 e. The first-order valence-electron chi connectivity index (χ1n) is 12.4. The fourth-order valence-electron chi connectivity index (χ4n) is 5.28. The Morgan fingerprint density at radius 2 is 1.92 bits per heavy atom. The van der Waals surface area contributed by atoms with Crippen molar-refractivity contribution in [2.75, 3.05) is 38.0 Å². The van der Waals surface area contributed by atoms with E-state index in [1.165, 1.54) is 10.9 Å². The van der Waals surface area contributed by atoms with E-state index in [4.69, 9.17) is 0 Å². The Bertz CT molecular complexity index is 1260. The molecule has 2 atom stereocenters. The third-order valence-electron chi connectivity index (χ3n) is 7.08. The molecule has 0 saturated carbocycles. The second-order valence-electron chi connectivity index (χ2n) is 9.66. The van der Waals surface area contributed by atoms with Crippen LogP contribution in [0.2, 0.25) is 0 Å². The van der Waals surface area contributed by atoms with Crippen molar-refractivity contribution in [3.05, 3.63) is 87.4 Å². The summed E-state index contributed by atoms with van der Waals surface area (Å²) >= 11 is 1.72. The quantitative estimate of drug-likeness (QED) is 0.547. The highest BCUT2D eigenvalue weighted by molar-refractivity contribution is 7.10. The van der Waals surface area contributed by atoms with Crippen molar-refractivity contribution < 1.29 is 14.0 Å². The molecule has 0 unspecified atom stereocenters. The fraction of sp³-hybridized carbons (Fsp3) is 0.357. The maximum Gasteiger partial charge on any atom is 0.322 e. The molecule has 0 bridgehead atoms. The van der Waals surface area contributed by atoms with Crippen LogP contribution < -0.4 is 5.32 Å². The standard InChI is InChI=1S/C28H31FN4O2S/c1-19-5-3-8-23(15-19)30-28(35)33-13-12-31(17-20(33)2)26(34)18-32-11-9-25-24(10-14-36-25)27(32)21-6-4-7-22(29)16-21/h3-8,10,14-16,20,27H,9,11-13,17-18H2,1-2H3,(H,30,35)/t20-,27-/m0/s1. The predicted molar refractivity (Wildman–Crippen MR) is 141 cm³/mol. The Morgan fingerprint density at radius 3 is 2.69 bits per heavy atom. The summed E-state index contributed by atoms with van der Waals surface area (Å²) < 4.78 is 14.1. The van der Waals surface area contributed by atoms with E-state index in [1.54, 1.807) is 28.4 Å². The van der Waals surface area contributed by atoms with Crippen molar-refractivity contribution in [2.24, 2.45) is 0 Å². The van der Waals surface area contributed by atoms with Crippen molar-refractivity contribution in [1.29, 1.82) is 0 Å². The van der Waals surface area contributed by atoms with Gasteiger partial charge >= 0.3 is 6.03 Å². The van der Waals surface area contributed by atoms with Crippen LogP contribution in [0.15, 0.2) is 60.0 Å². The van der Waals surface area contributed by atoms with Gasteiger partial charge < -0.3 is 15.1 Å². The number of benzene rings is 2. The van der Waals surface area contributed by atoms with E-state index in [0.29, 0.717) is 19.6 Å². The summed E-state index contributed by atoms with van der Waals surface area (Å²) in [6, 6.07) is 16.1. The summed E-state index contributed by atoms with van der Waals surface area (Å²) in [5, 5.41) is 5.05. The van der Waals surface area contributed by atoms with E-state index in [9.17, 15) is 14.0 Å². The number of aryl methyl sites for hydroxylation is 1. The van der Waals surface area contributed by atoms with Gasteiger partial charge in [-0.25, -0.2) is 9.18 Å². The third kappa shape index (κ3) is 5.15. The van der Waals surface area contributed by atoms with Gasteiger partial charge in [0.25, 0.3) is 0 Å². The van der Waals surface area contributed by atoms with Gasteiger partial charge in [-0.3, -0.25) is 9.69 Å². The average Bonchev–Trinajstić information content (AvgIpc) is 3.32. The number of hydrogen-bond donors (Lipinski definition) is 1. The summed E-state index contributed by atoms with van der Waals surface area (Å²) in [6.45, 7) is 6.43. The van der Waals surface area contributed by atoms with Gasteiger partial charge in [-0.15, -0.1) is 11.3 Å². The van der Waals surface area contributed by atoms with Crippen LogP contribution in [0.5, 0.6) is 0 Å². The first-order valence-corrected chi connectivity index (χ1v) is 13.2. The zero-order valence-electron chi connectivity index (χ0n) is 20.6. The van der Waals surface area contributed by atoms with Crippen molar-refractivity contribution in [3.63, 3.8) is 0 Å². The maximum atomic E-state index is 14.1. The van der Waals surface area contributed by atoms with Gasteiger partial charge in [0.2, 0.25) is 5.91 Å². The average molecular weight is 507 g/mol. The first-order chi connectivity index (χ1) is 17.4. The molecule has 188 valence electrons. The Hall–Kier alpha value is -3.23. The van der Waals surface area contributed by atoms with E-state index in [2.05, 4.69) is 21.7 Å². The monoisotopic (exact) mass is 506 g/mol. The first kappa shape index (κ1) is 24.5. The predicted octanol–water partition coefficient (Wildman–Crippen LogP) is 4.91. The lowest BCUT2D eigenvalue weighted by atomic mass is 9.93. The van der Waals surface area contributed by atoms with E-state index in [1.807, 2.05) is 49.1 Å². The number of anilines is 1. The molecule has 0 radical (unpaired) electrons. The van der Waals surface area contributed by atoms with Crippen LogP contribution in [0.4, 0.5) is 14.9 Å². The number of fused-ring (bicyclic) bond motifs is 1. The Kier molecular flexibility index (Phi) is 7.07. The van der Waals surface area contributed by atoms with Crippen LogP contribution in [0.25, 0.3) is 0 Å². The third-order valence-corrected chi connectivity index (χ3v) is 8.08. The maximum absolute atomic E-state index is 14.1. The second-order valence-corrected chi connectivity index (χ2v) is 10.7. The van der Waals surface area contributed by atoms with Crippen molar-refractivity contribution in [2.45, 2.75) is 32.4 Å². The number of halogens is 1. The van der Waals surface area contributed by atoms with Crippen LogP contribution in [0.1, 0.15) is 34.5 Å². The molecule has 5 rings (SSSR count). The lowest BCUT2D eigenvalue weighted by Crippen LogP contribution is -2.58. The molecule has 1 fully saturated rings. The van der Waals surface area contributed by atoms with Gasteiger partial charge in [-0.05, 0) is 72.7 Å². The number of urea groups is 1. The molecule has 2 aliphatic heterocycles. The summed E-state index contributed by atoms with van der Waals surface area (Å²) in [5.74, 6) is -0.226. The number of hydrogen-bond acceptors (Lipinski definition) is 4. The van der Waals surface area contributed by atoms with Gasteiger partial charge in [0, 0.05) is 42.8 Å². The molecule has 3 heterocycles. The molecule has 0 spiro atoms. The van der Waals surface area contributed by atoms with E-state index >= 15 is 0 Å². The van der Waals surface area contributed by atoms with Crippen molar-refractivity contribution in [1.82, 2.24) is 14.7 Å². The van der Waals surface area contributed by atoms with Gasteiger partial charge in [-0.1, -0.05) is 24.3 Å². The lowest BCUT2D eigenvalue weighted by Gasteiger charge is -2.41. The zero-order valence-corrected chi connectivity index (χ0v) is 21.4. The number of carbonyl (C=O) groups excluding carboxylic acids is 2. The van der Waals surface area contributed by atoms with E-state index < -0.39 is 0 Å². The molecule has 6 nitrogen and oxygen atoms in total. The largest absolute Gasteiger partial charge is 0.338 e. The number of nitrogens with zero attached hydrogens (tertiary/aromatic N) is 3. The number of piperazine rings is 1. The summed E-state index contributed by atoms with van der Waals surface area (Å²) in [7, 11) is 0. The Balaban J connectivity index is 1.24. The summed E-state index contributed by atoms with van der Waals surface area (Å²) in [4.78, 5) is 33.4. The molecule has 2 aliphatic rings. The molecular formula is C28H31FN4O2S. The highest BCUT2D eigenvalue weighted by Gasteiger charge is 2.34. The highest BCUT2D eigenvalue weighted by Crippen LogP contribution is 2.37. The molecule has 0 aliphatic carbocycles. The number of thiophene rings is 1. The van der Waals surface area contributed by atoms with Crippen molar-refractivity contribution in [3.8, 4) is 0 Å². The molecule has 1 aromatic heterocycles. The summed E-state index contributed by atoms with van der Waals surface area (Å²) in [6.07, 6.45) is 0.884. The molecule has 1 saturated heterocycles. The van der Waals surface area contributed by atoms with Gasteiger partial charge in [0.15, 0.2) is 0 Å². The number of nitrogens with one attached hydrogen (secondary N) is 1. The number of carbonyl (C=O) groups is 2. The Morgan fingerprint density at radius 1 is 1.08 bits per heavy atom. The van der Waals surface area contributed by atoms with Crippen LogP contribution >= 0.6 is 11.3 Å². The Labute approximate surface area is 215 Å². The smallest absolute Gasteiger partial charge is 0.322 e. The molecule has 1 N–H and O–H groups in total. The van der Waals surface area contributed by atoms with Gasteiger partial charge in [0.1, 0.15) is 5.82 Å². The summed E-state index contributed by atoms with van der Waals surface area (Å²) in [5.41, 5.74) is 3.89. The molecule has 36 heavy (non-hydrogen) atoms. The molecule has 8 heteroatoms. The SMILES string of the molecule is Cc1cccc(NC(=O)N2CCN(C(=O)CN3CCc4sccc4[C@@H]3c3cccc(F)c3)C[C@@H]2C)c1. The van der Waals surface area contributed by atoms with Crippen LogP contribution in [0.3, 0.4) is 0 Å². The topological polar surface area (TPSA) is 55.9 Å². The van der Waals surface area contributed by atoms with Crippen LogP contribution in [0, 0.1) is 12.7 Å². The van der Waals surface area contributed by atoms with Gasteiger partial charge in [0.05, 0.1) is 12.6 Å². The minimum atomic E-state index is -0.269. The van der Waals surface area contributed by atoms with Gasteiger partial charge in [-0.2, -0.15) is 0 Å². The zero-order chi connectivity index (χ0) is 25.2. The number of rotatable bonds is 4. The second kappa shape index (κ2) is 10.4. The number of amides is 3. The van der Waals surface area contributed by atoms with Crippen LogP contribution in [-0.2, 0) is 11.2 Å². The van der Waals surface area contributed by atoms with E-state index in [-0.39, 0.29) is 36.4 Å². The van der Waals surface area contributed by atoms with Crippen molar-refractivity contribution >= 4 is 29.0 Å².